The number of hydrogen-bond donors (Lipinski definition) is 2. The molecule has 1 fully saturated rings. The van der Waals surface area contributed by atoms with Crippen molar-refractivity contribution in [2.24, 2.45) is 0 Å². The van der Waals surface area contributed by atoms with Crippen LogP contribution in [0.4, 0.5) is 0 Å². The third-order valence-electron chi connectivity index (χ3n) is 3.08. The van der Waals surface area contributed by atoms with Crippen molar-refractivity contribution in [2.75, 3.05) is 19.7 Å². The van der Waals surface area contributed by atoms with Crippen LogP contribution in [0.3, 0.4) is 0 Å². The summed E-state index contributed by atoms with van der Waals surface area (Å²) in [6.07, 6.45) is 1.55. The zero-order valence-corrected chi connectivity index (χ0v) is 10.7. The second-order valence-corrected chi connectivity index (χ2v) is 4.81. The lowest BCUT2D eigenvalue weighted by molar-refractivity contribution is 0.0710. The Labute approximate surface area is 106 Å². The van der Waals surface area contributed by atoms with Gasteiger partial charge in [0.25, 0.3) is 5.91 Å². The first-order chi connectivity index (χ1) is 8.60. The SMILES string of the molecule is CC(C)N1CC(NC(=O)c2cn(CCO)nn2)C1. The molecule has 100 valence electrons. The largest absolute Gasteiger partial charge is 0.394 e. The van der Waals surface area contributed by atoms with E-state index in [9.17, 15) is 4.79 Å². The highest BCUT2D eigenvalue weighted by Gasteiger charge is 2.30. The van der Waals surface area contributed by atoms with E-state index in [2.05, 4.69) is 34.4 Å². The van der Waals surface area contributed by atoms with Crippen molar-refractivity contribution in [2.45, 2.75) is 32.5 Å². The second-order valence-electron chi connectivity index (χ2n) is 4.81. The van der Waals surface area contributed by atoms with E-state index >= 15 is 0 Å². The van der Waals surface area contributed by atoms with Crippen LogP contribution in [-0.4, -0.2) is 62.7 Å². The molecule has 0 aliphatic carbocycles. The monoisotopic (exact) mass is 253 g/mol. The lowest BCUT2D eigenvalue weighted by Gasteiger charge is -2.42. The minimum atomic E-state index is -0.201. The molecule has 2 heterocycles. The quantitative estimate of drug-likeness (QED) is 0.710. The van der Waals surface area contributed by atoms with Crippen molar-refractivity contribution < 1.29 is 9.90 Å². The summed E-state index contributed by atoms with van der Waals surface area (Å²) in [5.74, 6) is -0.201. The third kappa shape index (κ3) is 2.85. The van der Waals surface area contributed by atoms with Gasteiger partial charge in [0.15, 0.2) is 5.69 Å². The van der Waals surface area contributed by atoms with Gasteiger partial charge in [0.05, 0.1) is 25.4 Å². The number of aromatic nitrogens is 3. The predicted molar refractivity (Wildman–Crippen MR) is 65.1 cm³/mol. The molecule has 7 nitrogen and oxygen atoms in total. The highest BCUT2D eigenvalue weighted by molar-refractivity contribution is 5.92. The molecule has 7 heteroatoms. The highest BCUT2D eigenvalue weighted by Crippen LogP contribution is 2.11. The van der Waals surface area contributed by atoms with Crippen LogP contribution in [0, 0.1) is 0 Å². The van der Waals surface area contributed by atoms with Gasteiger partial charge in [0.2, 0.25) is 0 Å². The van der Waals surface area contributed by atoms with Gasteiger partial charge in [-0.3, -0.25) is 9.69 Å². The number of aliphatic hydroxyl groups excluding tert-OH is 1. The van der Waals surface area contributed by atoms with Crippen molar-refractivity contribution in [3.63, 3.8) is 0 Å². The Kier molecular flexibility index (Phi) is 3.93. The van der Waals surface area contributed by atoms with Gasteiger partial charge in [0.1, 0.15) is 0 Å². The minimum Gasteiger partial charge on any atom is -0.394 e. The molecular formula is C11H19N5O2. The number of rotatable bonds is 5. The maximum Gasteiger partial charge on any atom is 0.273 e. The van der Waals surface area contributed by atoms with Gasteiger partial charge in [-0.2, -0.15) is 0 Å². The van der Waals surface area contributed by atoms with Crippen LogP contribution < -0.4 is 5.32 Å². The fraction of sp³-hybridized carbons (Fsp3) is 0.727. The van der Waals surface area contributed by atoms with Crippen LogP contribution in [0.15, 0.2) is 6.20 Å². The molecule has 18 heavy (non-hydrogen) atoms. The first kappa shape index (κ1) is 13.0. The Bertz CT molecular complexity index is 411. The van der Waals surface area contributed by atoms with Crippen LogP contribution >= 0.6 is 0 Å². The summed E-state index contributed by atoms with van der Waals surface area (Å²) >= 11 is 0. The molecule has 0 radical (unpaired) electrons. The van der Waals surface area contributed by atoms with Crippen molar-refractivity contribution in [1.29, 1.82) is 0 Å². The fourth-order valence-corrected chi connectivity index (χ4v) is 1.90. The van der Waals surface area contributed by atoms with Gasteiger partial charge in [-0.05, 0) is 13.8 Å². The van der Waals surface area contributed by atoms with Gasteiger partial charge < -0.3 is 10.4 Å². The van der Waals surface area contributed by atoms with Crippen molar-refractivity contribution in [1.82, 2.24) is 25.2 Å². The summed E-state index contributed by atoms with van der Waals surface area (Å²) in [6.45, 7) is 6.38. The lowest BCUT2D eigenvalue weighted by Crippen LogP contribution is -2.61. The van der Waals surface area contributed by atoms with Gasteiger partial charge in [-0.1, -0.05) is 5.21 Å². The van der Waals surface area contributed by atoms with Crippen LogP contribution in [0.25, 0.3) is 0 Å². The molecule has 0 atom stereocenters. The zero-order valence-electron chi connectivity index (χ0n) is 10.7. The summed E-state index contributed by atoms with van der Waals surface area (Å²) in [5, 5.41) is 19.2. The Morgan fingerprint density at radius 1 is 1.61 bits per heavy atom. The molecule has 1 saturated heterocycles. The Morgan fingerprint density at radius 2 is 2.33 bits per heavy atom. The normalized spacial score (nSPS) is 16.9. The minimum absolute atomic E-state index is 0.0175. The van der Waals surface area contributed by atoms with E-state index in [-0.39, 0.29) is 18.6 Å². The van der Waals surface area contributed by atoms with E-state index in [4.69, 9.17) is 5.11 Å². The number of hydrogen-bond acceptors (Lipinski definition) is 5. The number of likely N-dealkylation sites (tertiary alicyclic amines) is 1. The molecule has 0 bridgehead atoms. The highest BCUT2D eigenvalue weighted by atomic mass is 16.3. The van der Waals surface area contributed by atoms with E-state index in [1.54, 1.807) is 6.20 Å². The molecule has 1 aromatic heterocycles. The molecule has 0 aromatic carbocycles. The number of amides is 1. The predicted octanol–water partition coefficient (Wildman–Crippen LogP) is -0.907. The van der Waals surface area contributed by atoms with Gasteiger partial charge >= 0.3 is 0 Å². The van der Waals surface area contributed by atoms with Crippen LogP contribution in [-0.2, 0) is 6.54 Å². The topological polar surface area (TPSA) is 83.3 Å². The number of carbonyl (C=O) groups is 1. The summed E-state index contributed by atoms with van der Waals surface area (Å²) in [4.78, 5) is 14.1. The molecule has 2 N–H and O–H groups in total. The first-order valence-electron chi connectivity index (χ1n) is 6.16. The van der Waals surface area contributed by atoms with Gasteiger partial charge in [-0.25, -0.2) is 4.68 Å². The average Bonchev–Trinajstić information content (AvgIpc) is 2.71. The number of nitrogens with one attached hydrogen (secondary N) is 1. The summed E-state index contributed by atoms with van der Waals surface area (Å²) in [6, 6.07) is 0.714. The molecule has 0 saturated carbocycles. The summed E-state index contributed by atoms with van der Waals surface area (Å²) in [5.41, 5.74) is 0.298. The second kappa shape index (κ2) is 5.45. The maximum absolute atomic E-state index is 11.8. The van der Waals surface area contributed by atoms with Crippen molar-refractivity contribution in [3.8, 4) is 0 Å². The molecule has 1 amide bonds. The van der Waals surface area contributed by atoms with E-state index in [1.165, 1.54) is 4.68 Å². The molecule has 0 spiro atoms. The van der Waals surface area contributed by atoms with Crippen LogP contribution in [0.5, 0.6) is 0 Å². The van der Waals surface area contributed by atoms with E-state index in [0.29, 0.717) is 18.3 Å². The summed E-state index contributed by atoms with van der Waals surface area (Å²) < 4.78 is 1.45. The van der Waals surface area contributed by atoms with Crippen LogP contribution in [0.1, 0.15) is 24.3 Å². The fourth-order valence-electron chi connectivity index (χ4n) is 1.90. The molecule has 2 rings (SSSR count). The third-order valence-corrected chi connectivity index (χ3v) is 3.08. The smallest absolute Gasteiger partial charge is 0.273 e. The Balaban J connectivity index is 1.81. The maximum atomic E-state index is 11.8. The van der Waals surface area contributed by atoms with Gasteiger partial charge in [0, 0.05) is 19.1 Å². The molecule has 1 aliphatic heterocycles. The molecule has 0 unspecified atom stereocenters. The number of nitrogens with zero attached hydrogens (tertiary/aromatic N) is 4. The zero-order chi connectivity index (χ0) is 13.1. The molecular weight excluding hydrogens is 234 g/mol. The van der Waals surface area contributed by atoms with E-state index in [0.717, 1.165) is 13.1 Å². The van der Waals surface area contributed by atoms with E-state index < -0.39 is 0 Å². The Hall–Kier alpha value is -1.47. The standard InChI is InChI=1S/C11H19N5O2/c1-8(2)15-5-9(6-15)12-11(18)10-7-16(3-4-17)14-13-10/h7-9,17H,3-6H2,1-2H3,(H,12,18). The summed E-state index contributed by atoms with van der Waals surface area (Å²) in [7, 11) is 0. The van der Waals surface area contributed by atoms with Crippen LogP contribution in [0.2, 0.25) is 0 Å². The van der Waals surface area contributed by atoms with Crippen molar-refractivity contribution >= 4 is 5.91 Å². The Morgan fingerprint density at radius 3 is 2.94 bits per heavy atom. The number of aliphatic hydroxyl groups is 1. The number of carbonyl (C=O) groups excluding carboxylic acids is 1. The lowest BCUT2D eigenvalue weighted by atomic mass is 10.1. The molecule has 1 aromatic rings. The van der Waals surface area contributed by atoms with Gasteiger partial charge in [-0.15, -0.1) is 5.10 Å². The van der Waals surface area contributed by atoms with E-state index in [1.807, 2.05) is 0 Å². The van der Waals surface area contributed by atoms with Crippen molar-refractivity contribution in [3.05, 3.63) is 11.9 Å². The first-order valence-corrected chi connectivity index (χ1v) is 6.16. The molecule has 1 aliphatic rings. The average molecular weight is 253 g/mol.